The molecule has 2 aromatic rings. The number of benzene rings is 1. The number of nitrogens with two attached hydrogens (primary N) is 1. The third-order valence-corrected chi connectivity index (χ3v) is 5.24. The van der Waals surface area contributed by atoms with Crippen LogP contribution in [0.15, 0.2) is 32.4 Å². The Balaban J connectivity index is 2.31. The molecule has 0 fully saturated rings. The molecule has 0 atom stereocenters. The van der Waals surface area contributed by atoms with Crippen LogP contribution in [-0.2, 0) is 16.6 Å². The van der Waals surface area contributed by atoms with Gasteiger partial charge in [0.15, 0.2) is 0 Å². The summed E-state index contributed by atoms with van der Waals surface area (Å²) in [5.41, 5.74) is 8.34. The lowest BCUT2D eigenvalue weighted by Crippen LogP contribution is -2.24. The molecule has 1 aromatic carbocycles. The van der Waals surface area contributed by atoms with Crippen LogP contribution in [0.3, 0.4) is 0 Å². The van der Waals surface area contributed by atoms with Crippen LogP contribution in [0.2, 0.25) is 0 Å². The Morgan fingerprint density at radius 2 is 2.25 bits per heavy atom. The molecule has 0 saturated heterocycles. The average Bonchev–Trinajstić information content (AvgIpc) is 2.92. The molecule has 3 N–H and O–H groups in total. The lowest BCUT2D eigenvalue weighted by Gasteiger charge is -2.12. The lowest BCUT2D eigenvalue weighted by atomic mass is 10.3. The van der Waals surface area contributed by atoms with Gasteiger partial charge in [-0.2, -0.15) is 0 Å². The Morgan fingerprint density at radius 3 is 2.85 bits per heavy atom. The highest BCUT2D eigenvalue weighted by Gasteiger charge is 2.21. The standard InChI is InChI=1S/C11H12BrN3O3S2/c1-18-10-2-8(12)9(13)3-11(10)20(16,17)15-4-7-5-19-6-14-7/h2-3,5-6,15H,4,13H2,1H3. The average molecular weight is 378 g/mol. The van der Waals surface area contributed by atoms with E-state index >= 15 is 0 Å². The summed E-state index contributed by atoms with van der Waals surface area (Å²) in [6.45, 7) is 0.116. The van der Waals surface area contributed by atoms with E-state index in [2.05, 4.69) is 25.6 Å². The van der Waals surface area contributed by atoms with Crippen LogP contribution in [0.1, 0.15) is 5.69 Å². The third kappa shape index (κ3) is 3.29. The number of ether oxygens (including phenoxy) is 1. The van der Waals surface area contributed by atoms with Gasteiger partial charge in [-0.25, -0.2) is 18.1 Å². The third-order valence-electron chi connectivity index (χ3n) is 2.50. The van der Waals surface area contributed by atoms with Crippen molar-refractivity contribution in [3.05, 3.63) is 33.2 Å². The highest BCUT2D eigenvalue weighted by atomic mass is 79.9. The van der Waals surface area contributed by atoms with Crippen molar-refractivity contribution < 1.29 is 13.2 Å². The minimum absolute atomic E-state index is 0.00377. The second kappa shape index (κ2) is 6.08. The molecule has 1 heterocycles. The van der Waals surface area contributed by atoms with E-state index in [4.69, 9.17) is 10.5 Å². The van der Waals surface area contributed by atoms with Gasteiger partial charge in [0.2, 0.25) is 10.0 Å². The molecule has 0 bridgehead atoms. The Morgan fingerprint density at radius 1 is 1.50 bits per heavy atom. The molecule has 0 spiro atoms. The molecule has 1 aromatic heterocycles. The molecular formula is C11H12BrN3O3S2. The minimum atomic E-state index is -3.73. The Labute approximate surface area is 129 Å². The molecule has 0 radical (unpaired) electrons. The summed E-state index contributed by atoms with van der Waals surface area (Å²) in [6.07, 6.45) is 0. The van der Waals surface area contributed by atoms with E-state index in [1.807, 2.05) is 0 Å². The fourth-order valence-electron chi connectivity index (χ4n) is 1.49. The summed E-state index contributed by atoms with van der Waals surface area (Å²) in [5, 5.41) is 1.77. The first-order valence-corrected chi connectivity index (χ1v) is 8.65. The van der Waals surface area contributed by atoms with Crippen LogP contribution in [0.25, 0.3) is 0 Å². The number of hydrogen-bond acceptors (Lipinski definition) is 6. The van der Waals surface area contributed by atoms with Gasteiger partial charge in [0.05, 0.1) is 24.9 Å². The van der Waals surface area contributed by atoms with E-state index in [1.165, 1.54) is 30.6 Å². The summed E-state index contributed by atoms with van der Waals surface area (Å²) in [5.74, 6) is 0.219. The quantitative estimate of drug-likeness (QED) is 0.776. The summed E-state index contributed by atoms with van der Waals surface area (Å²) in [4.78, 5) is 4.01. The Hall–Kier alpha value is -1.16. The van der Waals surface area contributed by atoms with Crippen molar-refractivity contribution in [3.63, 3.8) is 0 Å². The molecule has 9 heteroatoms. The number of methoxy groups -OCH3 is 1. The number of nitrogen functional groups attached to an aromatic ring is 1. The van der Waals surface area contributed by atoms with Gasteiger partial charge in [0.25, 0.3) is 0 Å². The second-order valence-corrected chi connectivity index (χ2v) is 7.14. The highest BCUT2D eigenvalue weighted by molar-refractivity contribution is 9.10. The fraction of sp³-hybridized carbons (Fsp3) is 0.182. The van der Waals surface area contributed by atoms with Gasteiger partial charge in [-0.15, -0.1) is 11.3 Å². The molecular weight excluding hydrogens is 366 g/mol. The van der Waals surface area contributed by atoms with Crippen LogP contribution in [0.4, 0.5) is 5.69 Å². The van der Waals surface area contributed by atoms with Crippen molar-refractivity contribution in [1.82, 2.24) is 9.71 Å². The predicted molar refractivity (Wildman–Crippen MR) is 81.2 cm³/mol. The van der Waals surface area contributed by atoms with E-state index in [1.54, 1.807) is 10.9 Å². The monoisotopic (exact) mass is 377 g/mol. The first-order valence-electron chi connectivity index (χ1n) is 5.44. The van der Waals surface area contributed by atoms with Crippen molar-refractivity contribution in [1.29, 1.82) is 0 Å². The predicted octanol–water partition coefficient (Wildman–Crippen LogP) is 1.97. The van der Waals surface area contributed by atoms with Crippen LogP contribution in [0.5, 0.6) is 5.75 Å². The number of sulfonamides is 1. The van der Waals surface area contributed by atoms with E-state index < -0.39 is 10.0 Å². The molecule has 0 saturated carbocycles. The zero-order valence-corrected chi connectivity index (χ0v) is 13.7. The normalized spacial score (nSPS) is 11.5. The summed E-state index contributed by atoms with van der Waals surface area (Å²) in [6, 6.07) is 2.87. The molecule has 0 aliphatic carbocycles. The van der Waals surface area contributed by atoms with Crippen molar-refractivity contribution in [3.8, 4) is 5.75 Å². The van der Waals surface area contributed by atoms with E-state index in [0.717, 1.165) is 0 Å². The Kier molecular flexibility index (Phi) is 4.63. The van der Waals surface area contributed by atoms with Crippen molar-refractivity contribution in [2.75, 3.05) is 12.8 Å². The maximum atomic E-state index is 12.3. The van der Waals surface area contributed by atoms with Gasteiger partial charge in [0.1, 0.15) is 10.6 Å². The van der Waals surface area contributed by atoms with Gasteiger partial charge in [0, 0.05) is 15.5 Å². The highest BCUT2D eigenvalue weighted by Crippen LogP contribution is 2.32. The number of nitrogens with zero attached hydrogens (tertiary/aromatic N) is 1. The van der Waals surface area contributed by atoms with Crippen molar-refractivity contribution in [2.45, 2.75) is 11.4 Å². The maximum absolute atomic E-state index is 12.3. The lowest BCUT2D eigenvalue weighted by molar-refractivity contribution is 0.402. The first-order chi connectivity index (χ1) is 9.44. The van der Waals surface area contributed by atoms with Crippen LogP contribution in [-0.4, -0.2) is 20.5 Å². The fourth-order valence-corrected chi connectivity index (χ4v) is 3.56. The molecule has 108 valence electrons. The summed E-state index contributed by atoms with van der Waals surface area (Å²) < 4.78 is 32.7. The van der Waals surface area contributed by atoms with Gasteiger partial charge in [-0.05, 0) is 28.1 Å². The molecule has 0 unspecified atom stereocenters. The molecule has 2 rings (SSSR count). The topological polar surface area (TPSA) is 94.3 Å². The largest absolute Gasteiger partial charge is 0.495 e. The van der Waals surface area contributed by atoms with Crippen LogP contribution < -0.4 is 15.2 Å². The van der Waals surface area contributed by atoms with Crippen molar-refractivity contribution >= 4 is 43.0 Å². The van der Waals surface area contributed by atoms with Crippen molar-refractivity contribution in [2.24, 2.45) is 0 Å². The molecule has 0 aliphatic heterocycles. The number of rotatable bonds is 5. The number of hydrogen-bond donors (Lipinski definition) is 2. The minimum Gasteiger partial charge on any atom is -0.495 e. The van der Waals surface area contributed by atoms with E-state index in [0.29, 0.717) is 15.9 Å². The van der Waals surface area contributed by atoms with E-state index in [9.17, 15) is 8.42 Å². The zero-order chi connectivity index (χ0) is 14.8. The maximum Gasteiger partial charge on any atom is 0.244 e. The molecule has 6 nitrogen and oxygen atoms in total. The number of halogens is 1. The smallest absolute Gasteiger partial charge is 0.244 e. The second-order valence-electron chi connectivity index (χ2n) is 3.83. The van der Waals surface area contributed by atoms with Gasteiger partial charge in [-0.1, -0.05) is 0 Å². The molecule has 20 heavy (non-hydrogen) atoms. The van der Waals surface area contributed by atoms with E-state index in [-0.39, 0.29) is 17.2 Å². The van der Waals surface area contributed by atoms with Gasteiger partial charge < -0.3 is 10.5 Å². The van der Waals surface area contributed by atoms with Crippen LogP contribution in [0, 0.1) is 0 Å². The van der Waals surface area contributed by atoms with Gasteiger partial charge >= 0.3 is 0 Å². The SMILES string of the molecule is COc1cc(Br)c(N)cc1S(=O)(=O)NCc1cscn1. The zero-order valence-electron chi connectivity index (χ0n) is 10.5. The number of aromatic nitrogens is 1. The summed E-state index contributed by atoms with van der Waals surface area (Å²) >= 11 is 4.63. The molecule has 0 amide bonds. The molecule has 0 aliphatic rings. The number of thiazole rings is 1. The summed E-state index contributed by atoms with van der Waals surface area (Å²) in [7, 11) is -2.33. The van der Waals surface area contributed by atoms with Crippen LogP contribution >= 0.6 is 27.3 Å². The van der Waals surface area contributed by atoms with Gasteiger partial charge in [-0.3, -0.25) is 0 Å². The number of nitrogens with one attached hydrogen (secondary N) is 1. The Bertz CT molecular complexity index is 702. The first kappa shape index (κ1) is 15.2. The number of anilines is 1.